The van der Waals surface area contributed by atoms with Gasteiger partial charge in [-0.05, 0) is 190 Å². The van der Waals surface area contributed by atoms with Crippen molar-refractivity contribution in [2.24, 2.45) is 82.9 Å². The molecule has 20 heteroatoms. The van der Waals surface area contributed by atoms with Crippen LogP contribution in [0.1, 0.15) is 197 Å². The summed E-state index contributed by atoms with van der Waals surface area (Å²) >= 11 is 0. The molecule has 744 valence electrons. The Labute approximate surface area is 813 Å². The van der Waals surface area contributed by atoms with Gasteiger partial charge in [0.25, 0.3) is 0 Å². The predicted molar refractivity (Wildman–Crippen MR) is 545 cm³/mol. The maximum absolute atomic E-state index is 12.6. The van der Waals surface area contributed by atoms with E-state index < -0.39 is 0 Å². The van der Waals surface area contributed by atoms with E-state index in [4.69, 9.17) is 66.3 Å². The summed E-state index contributed by atoms with van der Waals surface area (Å²) in [5.41, 5.74) is 6.16. The first-order chi connectivity index (χ1) is 65.2. The molecule has 0 aromatic heterocycles. The lowest BCUT2D eigenvalue weighted by Gasteiger charge is -2.35. The number of benzene rings is 6. The topological polar surface area (TPSA) is 232 Å². The number of hydrogen-bond acceptors (Lipinski definition) is 20. The molecule has 10 aliphatic heterocycles. The van der Waals surface area contributed by atoms with Crippen LogP contribution in [0.2, 0.25) is 0 Å². The van der Waals surface area contributed by atoms with Crippen molar-refractivity contribution in [2.45, 2.75) is 225 Å². The summed E-state index contributed by atoms with van der Waals surface area (Å²) < 4.78 is 76.5. The minimum atomic E-state index is 0.0517. The fourth-order valence-electron chi connectivity index (χ4n) is 17.6. The number of unbranched alkanes of at least 4 members (excludes halogenated alkanes) is 1. The SMILES string of the molecule is CC(=O)C=Cc1ccccc1.CC(=O)C=Cc1ccccc1.CCCCOc1ccc(C=CC(C)=O)cc1.COc1ccc(C=CC(=O)C2C[C@H](C)CC[C@H]2C(C)C)cc1.COc1ccc(C=CC(C)=O)cc1.COc1ccc(C=CC(C)=O)cc1.C[C@@H]1CO[C@H]2[C@@H]1OC[C@@H]2C.C[C@@H]1CO[C@H]2[C@@H]1OC[C@@H]2C.C[C@@H]1CO[C@H]2[C@@H]1OC[C@@H]2C.C[C@@H]1CO[C@H]2[C@@H]1OC[C@H]2C.C[C@@H]1CO[C@H]2[C@@H]1OC[C@H]2C. The van der Waals surface area contributed by atoms with E-state index in [0.717, 1.165) is 148 Å². The van der Waals surface area contributed by atoms with Crippen molar-refractivity contribution in [3.05, 3.63) is 228 Å². The number of allylic oxidation sites excluding steroid dienone is 6. The molecule has 136 heavy (non-hydrogen) atoms. The first kappa shape index (κ1) is 114. The minimum absolute atomic E-state index is 0.0517. The van der Waals surface area contributed by atoms with Crippen LogP contribution in [0.4, 0.5) is 0 Å². The molecule has 0 amide bonds. The summed E-state index contributed by atoms with van der Waals surface area (Å²) in [5, 5.41) is 0. The van der Waals surface area contributed by atoms with E-state index in [0.29, 0.717) is 144 Å². The van der Waals surface area contributed by atoms with Gasteiger partial charge in [-0.25, -0.2) is 0 Å². The van der Waals surface area contributed by atoms with Crippen molar-refractivity contribution < 1.29 is 95.1 Å². The standard InChI is InChI=1S/C20H28O2.C14H18O2.2C11H12O2.2C10H10O.5C8H14O2/c1-14(2)18-11-5-15(3)13-19(18)20(21)12-8-16-6-9-17(22-4)10-7-16;1-3-4-11-16-14-9-7-13(8-10-14)6-5-12(2)15;2*1-9(12)3-4-10-5-7-11(13-2)8-6-10;2*1-9(11)7-8-10-5-3-2-4-6-10;5*1-5-3-9-8-6(2)4-10-7(5)8/h6-10,12,14-15,18-19H,5,11,13H2,1-4H3;5-10H,3-4,11H2,1-2H3;2*3-8H,1-2H3;2*2-8H,1H3;5*5-8H,3-4H2,1-2H3/t15-,18+,19?;;;;;;3*5-,6+,7-,8-;2*5-,6-,7-,8-/m1.....11111/s1. The summed E-state index contributed by atoms with van der Waals surface area (Å²) in [6.45, 7) is 48.2. The normalized spacial score (nSPS) is 28.7. The third-order valence-corrected chi connectivity index (χ3v) is 25.7. The quantitative estimate of drug-likeness (QED) is 0.0481. The summed E-state index contributed by atoms with van der Waals surface area (Å²) in [4.78, 5) is 65.7. The smallest absolute Gasteiger partial charge is 0.159 e. The van der Waals surface area contributed by atoms with Crippen LogP contribution in [-0.2, 0) is 76.1 Å². The highest BCUT2D eigenvalue weighted by atomic mass is 16.6. The molecule has 20 nitrogen and oxygen atoms in total. The fourth-order valence-corrected chi connectivity index (χ4v) is 17.6. The van der Waals surface area contributed by atoms with Crippen LogP contribution in [-0.4, -0.2) is 190 Å². The van der Waals surface area contributed by atoms with Crippen LogP contribution in [0, 0.1) is 82.9 Å². The van der Waals surface area contributed by atoms with Crippen LogP contribution in [0.5, 0.6) is 23.0 Å². The minimum Gasteiger partial charge on any atom is -0.497 e. The molecular formula is C116H160O20. The second-order valence-electron chi connectivity index (χ2n) is 38.6. The van der Waals surface area contributed by atoms with Crippen LogP contribution in [0.25, 0.3) is 36.5 Å². The zero-order valence-corrected chi connectivity index (χ0v) is 85.3. The zero-order valence-electron chi connectivity index (χ0n) is 85.3. The second kappa shape index (κ2) is 61.1. The van der Waals surface area contributed by atoms with Gasteiger partial charge in [0.05, 0.1) is 155 Å². The molecule has 0 radical (unpaired) electrons. The summed E-state index contributed by atoms with van der Waals surface area (Å²) in [6.07, 6.45) is 30.1. The molecule has 6 aromatic carbocycles. The Hall–Kier alpha value is -9.42. The van der Waals surface area contributed by atoms with Crippen LogP contribution in [0.3, 0.4) is 0 Å². The van der Waals surface area contributed by atoms with Gasteiger partial charge in [-0.1, -0.05) is 255 Å². The average molecular weight is 1870 g/mol. The van der Waals surface area contributed by atoms with Crippen molar-refractivity contribution in [3.63, 3.8) is 0 Å². The number of carbonyl (C=O) groups excluding carboxylic acids is 6. The van der Waals surface area contributed by atoms with E-state index in [2.05, 4.69) is 96.9 Å². The number of methoxy groups -OCH3 is 3. The van der Waals surface area contributed by atoms with Crippen LogP contribution < -0.4 is 18.9 Å². The molecule has 10 saturated heterocycles. The molecule has 11 fully saturated rings. The monoisotopic (exact) mass is 1870 g/mol. The molecular weight excluding hydrogens is 1710 g/mol. The van der Waals surface area contributed by atoms with Crippen LogP contribution in [0.15, 0.2) is 194 Å². The second-order valence-corrected chi connectivity index (χ2v) is 38.6. The molecule has 23 atom stereocenters. The third-order valence-electron chi connectivity index (χ3n) is 25.7. The predicted octanol–water partition coefficient (Wildman–Crippen LogP) is 22.9. The number of hydrogen-bond donors (Lipinski definition) is 0. The molecule has 1 saturated carbocycles. The van der Waals surface area contributed by atoms with Crippen molar-refractivity contribution in [3.8, 4) is 23.0 Å². The maximum atomic E-state index is 12.6. The van der Waals surface area contributed by atoms with Gasteiger partial charge in [-0.15, -0.1) is 0 Å². The first-order valence-corrected chi connectivity index (χ1v) is 49.3. The molecule has 1 aliphatic carbocycles. The number of ether oxygens (including phenoxy) is 14. The molecule has 1 unspecified atom stereocenters. The Morgan fingerprint density at radius 1 is 0.301 bits per heavy atom. The Balaban J connectivity index is 0.000000206. The van der Waals surface area contributed by atoms with Gasteiger partial charge in [-0.3, -0.25) is 28.8 Å². The first-order valence-electron chi connectivity index (χ1n) is 49.3. The third kappa shape index (κ3) is 39.8. The Morgan fingerprint density at radius 3 is 0.721 bits per heavy atom. The van der Waals surface area contributed by atoms with Crippen LogP contribution >= 0.6 is 0 Å². The van der Waals surface area contributed by atoms with Gasteiger partial charge in [-0.2, -0.15) is 0 Å². The summed E-state index contributed by atoms with van der Waals surface area (Å²) in [6, 6.07) is 50.1. The van der Waals surface area contributed by atoms with E-state index in [1.54, 1.807) is 96.8 Å². The number of rotatable bonds is 21. The molecule has 11 aliphatic rings. The van der Waals surface area contributed by atoms with Gasteiger partial charge in [0.15, 0.2) is 34.7 Å². The number of ketones is 6. The molecule has 0 N–H and O–H groups in total. The molecule has 0 spiro atoms. The number of fused-ring (bicyclic) bond motifs is 5. The average Bonchev–Trinajstić information content (AvgIpc) is 1.67. The Kier molecular flexibility index (Phi) is 51.0. The van der Waals surface area contributed by atoms with Gasteiger partial charge in [0.1, 0.15) is 23.0 Å². The van der Waals surface area contributed by atoms with E-state index >= 15 is 0 Å². The fraction of sp³-hybridized carbons (Fsp3) is 0.534. The lowest BCUT2D eigenvalue weighted by molar-refractivity contribution is -0.122. The maximum Gasteiger partial charge on any atom is 0.159 e. The van der Waals surface area contributed by atoms with Gasteiger partial charge in [0, 0.05) is 65.1 Å². The lowest BCUT2D eigenvalue weighted by Crippen LogP contribution is -2.32. The highest BCUT2D eigenvalue weighted by Gasteiger charge is 2.48. The van der Waals surface area contributed by atoms with Gasteiger partial charge >= 0.3 is 0 Å². The largest absolute Gasteiger partial charge is 0.497 e. The van der Waals surface area contributed by atoms with E-state index in [9.17, 15) is 28.8 Å². The van der Waals surface area contributed by atoms with Gasteiger partial charge in [0.2, 0.25) is 0 Å². The highest BCUT2D eigenvalue weighted by molar-refractivity contribution is 5.96. The zero-order chi connectivity index (χ0) is 99.2. The summed E-state index contributed by atoms with van der Waals surface area (Å²) in [5.74, 6) is 12.0. The lowest BCUT2D eigenvalue weighted by atomic mass is 9.68. The molecule has 17 rings (SSSR count). The van der Waals surface area contributed by atoms with Crippen molar-refractivity contribution in [2.75, 3.05) is 94.0 Å². The molecule has 6 aromatic rings. The molecule has 0 bridgehead atoms. The van der Waals surface area contributed by atoms with E-state index in [1.807, 2.05) is 176 Å². The Bertz CT molecular complexity index is 4240. The summed E-state index contributed by atoms with van der Waals surface area (Å²) in [7, 11) is 4.91. The van der Waals surface area contributed by atoms with Crippen molar-refractivity contribution in [1.82, 2.24) is 0 Å². The van der Waals surface area contributed by atoms with E-state index in [-0.39, 0.29) is 34.8 Å². The van der Waals surface area contributed by atoms with Crippen molar-refractivity contribution >= 4 is 71.2 Å². The highest BCUT2D eigenvalue weighted by Crippen LogP contribution is 2.41. The Morgan fingerprint density at radius 2 is 0.515 bits per heavy atom. The van der Waals surface area contributed by atoms with Gasteiger partial charge < -0.3 is 66.3 Å². The van der Waals surface area contributed by atoms with Crippen molar-refractivity contribution in [1.29, 1.82) is 0 Å². The molecule has 10 heterocycles. The number of carbonyl (C=O) groups is 6. The van der Waals surface area contributed by atoms with E-state index in [1.165, 1.54) is 26.7 Å².